The fourth-order valence-electron chi connectivity index (χ4n) is 1.34. The second kappa shape index (κ2) is 5.88. The van der Waals surface area contributed by atoms with Crippen LogP contribution in [0.4, 0.5) is 0 Å². The Kier molecular flexibility index (Phi) is 4.78. The molecule has 1 rings (SSSR count). The van der Waals surface area contributed by atoms with E-state index < -0.39 is 0 Å². The highest BCUT2D eigenvalue weighted by molar-refractivity contribution is 7.10. The SMILES string of the molecule is Cc1ccsc1CCN(C)C(=O)CCO. The lowest BCUT2D eigenvalue weighted by Crippen LogP contribution is -2.29. The third kappa shape index (κ3) is 3.64. The summed E-state index contributed by atoms with van der Waals surface area (Å²) < 4.78 is 0. The fourth-order valence-corrected chi connectivity index (χ4v) is 2.24. The Morgan fingerprint density at radius 3 is 2.87 bits per heavy atom. The van der Waals surface area contributed by atoms with E-state index in [0.717, 1.165) is 13.0 Å². The van der Waals surface area contributed by atoms with Gasteiger partial charge in [-0.3, -0.25) is 4.79 Å². The van der Waals surface area contributed by atoms with E-state index in [1.54, 1.807) is 23.3 Å². The maximum atomic E-state index is 11.4. The topological polar surface area (TPSA) is 40.5 Å². The quantitative estimate of drug-likeness (QED) is 0.827. The zero-order valence-corrected chi connectivity index (χ0v) is 10.0. The van der Waals surface area contributed by atoms with Gasteiger partial charge in [0.05, 0.1) is 6.61 Å². The number of hydrogen-bond acceptors (Lipinski definition) is 3. The molecule has 0 saturated heterocycles. The largest absolute Gasteiger partial charge is 0.396 e. The summed E-state index contributed by atoms with van der Waals surface area (Å²) in [4.78, 5) is 14.4. The number of rotatable bonds is 5. The summed E-state index contributed by atoms with van der Waals surface area (Å²) in [6, 6.07) is 2.09. The van der Waals surface area contributed by atoms with Crippen molar-refractivity contribution in [2.45, 2.75) is 19.8 Å². The van der Waals surface area contributed by atoms with Crippen LogP contribution in [0.1, 0.15) is 16.9 Å². The number of aliphatic hydroxyl groups is 1. The lowest BCUT2D eigenvalue weighted by Gasteiger charge is -2.16. The van der Waals surface area contributed by atoms with Gasteiger partial charge < -0.3 is 10.0 Å². The van der Waals surface area contributed by atoms with Crippen LogP contribution in [-0.2, 0) is 11.2 Å². The van der Waals surface area contributed by atoms with Crippen LogP contribution in [0.5, 0.6) is 0 Å². The molecule has 15 heavy (non-hydrogen) atoms. The first-order chi connectivity index (χ1) is 7.15. The first kappa shape index (κ1) is 12.2. The Morgan fingerprint density at radius 2 is 2.33 bits per heavy atom. The molecule has 84 valence electrons. The van der Waals surface area contributed by atoms with Gasteiger partial charge in [0.2, 0.25) is 5.91 Å². The number of nitrogens with zero attached hydrogens (tertiary/aromatic N) is 1. The van der Waals surface area contributed by atoms with Crippen molar-refractivity contribution >= 4 is 17.2 Å². The number of carbonyl (C=O) groups is 1. The summed E-state index contributed by atoms with van der Waals surface area (Å²) in [7, 11) is 1.78. The van der Waals surface area contributed by atoms with Crippen LogP contribution >= 0.6 is 11.3 Å². The van der Waals surface area contributed by atoms with Crippen molar-refractivity contribution in [1.82, 2.24) is 4.90 Å². The average Bonchev–Trinajstić information content (AvgIpc) is 2.61. The van der Waals surface area contributed by atoms with Crippen molar-refractivity contribution in [2.24, 2.45) is 0 Å². The molecule has 0 aromatic carbocycles. The van der Waals surface area contributed by atoms with Crippen LogP contribution in [0.25, 0.3) is 0 Å². The molecule has 0 spiro atoms. The Labute approximate surface area is 94.3 Å². The van der Waals surface area contributed by atoms with Gasteiger partial charge in [-0.1, -0.05) is 0 Å². The van der Waals surface area contributed by atoms with E-state index in [0.29, 0.717) is 0 Å². The Hall–Kier alpha value is -0.870. The smallest absolute Gasteiger partial charge is 0.224 e. The summed E-state index contributed by atoms with van der Waals surface area (Å²) >= 11 is 1.73. The highest BCUT2D eigenvalue weighted by atomic mass is 32.1. The molecular weight excluding hydrogens is 210 g/mol. The standard InChI is InChI=1S/C11H17NO2S/c1-9-5-8-15-10(9)3-6-12(2)11(14)4-7-13/h5,8,13H,3-4,6-7H2,1-2H3. The van der Waals surface area contributed by atoms with E-state index in [1.807, 2.05) is 0 Å². The predicted octanol–water partition coefficient (Wildman–Crippen LogP) is 1.44. The van der Waals surface area contributed by atoms with Gasteiger partial charge in [-0.25, -0.2) is 0 Å². The monoisotopic (exact) mass is 227 g/mol. The summed E-state index contributed by atoms with van der Waals surface area (Å²) in [6.45, 7) is 2.74. The van der Waals surface area contributed by atoms with Gasteiger partial charge in [0, 0.05) is 24.9 Å². The van der Waals surface area contributed by atoms with E-state index in [1.165, 1.54) is 10.4 Å². The van der Waals surface area contributed by atoms with Crippen molar-refractivity contribution in [3.8, 4) is 0 Å². The molecule has 0 bridgehead atoms. The predicted molar refractivity (Wildman–Crippen MR) is 62.1 cm³/mol. The molecule has 0 saturated carbocycles. The molecule has 0 atom stereocenters. The number of thiophene rings is 1. The molecular formula is C11H17NO2S. The molecule has 1 heterocycles. The van der Waals surface area contributed by atoms with Gasteiger partial charge in [0.15, 0.2) is 0 Å². The normalized spacial score (nSPS) is 10.3. The Balaban J connectivity index is 2.37. The minimum Gasteiger partial charge on any atom is -0.396 e. The third-order valence-corrected chi connectivity index (χ3v) is 3.48. The van der Waals surface area contributed by atoms with E-state index in [9.17, 15) is 4.79 Å². The van der Waals surface area contributed by atoms with Gasteiger partial charge in [-0.15, -0.1) is 11.3 Å². The van der Waals surface area contributed by atoms with Gasteiger partial charge >= 0.3 is 0 Å². The van der Waals surface area contributed by atoms with Crippen molar-refractivity contribution in [3.63, 3.8) is 0 Å². The molecule has 0 aliphatic carbocycles. The maximum Gasteiger partial charge on any atom is 0.224 e. The molecule has 1 amide bonds. The van der Waals surface area contributed by atoms with E-state index in [4.69, 9.17) is 5.11 Å². The summed E-state index contributed by atoms with van der Waals surface area (Å²) in [5.74, 6) is 0.00621. The molecule has 0 aliphatic rings. The van der Waals surface area contributed by atoms with Gasteiger partial charge in [-0.2, -0.15) is 0 Å². The zero-order valence-electron chi connectivity index (χ0n) is 9.19. The number of likely N-dealkylation sites (N-methyl/N-ethyl adjacent to an activating group) is 1. The highest BCUT2D eigenvalue weighted by Gasteiger charge is 2.08. The van der Waals surface area contributed by atoms with Crippen molar-refractivity contribution < 1.29 is 9.90 Å². The van der Waals surface area contributed by atoms with Crippen LogP contribution in [0, 0.1) is 6.92 Å². The summed E-state index contributed by atoms with van der Waals surface area (Å²) in [5.41, 5.74) is 1.29. The zero-order chi connectivity index (χ0) is 11.3. The first-order valence-electron chi connectivity index (χ1n) is 5.03. The maximum absolute atomic E-state index is 11.4. The van der Waals surface area contributed by atoms with Crippen LogP contribution in [0.15, 0.2) is 11.4 Å². The molecule has 1 aromatic heterocycles. The molecule has 0 unspecified atom stereocenters. The van der Waals surface area contributed by atoms with Gasteiger partial charge in [0.1, 0.15) is 0 Å². The summed E-state index contributed by atoms with van der Waals surface area (Å²) in [6.07, 6.45) is 1.12. The minimum atomic E-state index is -0.0683. The second-order valence-electron chi connectivity index (χ2n) is 3.57. The molecule has 0 fully saturated rings. The number of carbonyl (C=O) groups excluding carboxylic acids is 1. The van der Waals surface area contributed by atoms with Crippen LogP contribution < -0.4 is 0 Å². The highest BCUT2D eigenvalue weighted by Crippen LogP contribution is 2.16. The molecule has 0 radical (unpaired) electrons. The fraction of sp³-hybridized carbons (Fsp3) is 0.545. The average molecular weight is 227 g/mol. The molecule has 0 aliphatic heterocycles. The lowest BCUT2D eigenvalue weighted by atomic mass is 10.2. The number of amides is 1. The molecule has 3 nitrogen and oxygen atoms in total. The lowest BCUT2D eigenvalue weighted by molar-refractivity contribution is -0.130. The Bertz CT molecular complexity index is 322. The first-order valence-corrected chi connectivity index (χ1v) is 5.91. The number of aliphatic hydroxyl groups excluding tert-OH is 1. The molecule has 1 aromatic rings. The van der Waals surface area contributed by atoms with Crippen molar-refractivity contribution in [1.29, 1.82) is 0 Å². The van der Waals surface area contributed by atoms with E-state index in [2.05, 4.69) is 18.4 Å². The van der Waals surface area contributed by atoms with Crippen molar-refractivity contribution in [2.75, 3.05) is 20.2 Å². The van der Waals surface area contributed by atoms with E-state index >= 15 is 0 Å². The van der Waals surface area contributed by atoms with Gasteiger partial charge in [0.25, 0.3) is 0 Å². The van der Waals surface area contributed by atoms with Gasteiger partial charge in [-0.05, 0) is 30.4 Å². The number of hydrogen-bond donors (Lipinski definition) is 1. The third-order valence-electron chi connectivity index (χ3n) is 2.39. The molecule has 1 N–H and O–H groups in total. The van der Waals surface area contributed by atoms with Crippen LogP contribution in [-0.4, -0.2) is 36.1 Å². The van der Waals surface area contributed by atoms with Crippen LogP contribution in [0.3, 0.4) is 0 Å². The minimum absolute atomic E-state index is 0.00621. The van der Waals surface area contributed by atoms with Crippen molar-refractivity contribution in [3.05, 3.63) is 21.9 Å². The summed E-state index contributed by atoms with van der Waals surface area (Å²) in [5, 5.41) is 10.7. The van der Waals surface area contributed by atoms with E-state index in [-0.39, 0.29) is 18.9 Å². The van der Waals surface area contributed by atoms with Crippen LogP contribution in [0.2, 0.25) is 0 Å². The second-order valence-corrected chi connectivity index (χ2v) is 4.57. The molecule has 4 heteroatoms. The Morgan fingerprint density at radius 1 is 1.60 bits per heavy atom. The number of aryl methyl sites for hydroxylation is 1.